The van der Waals surface area contributed by atoms with Gasteiger partial charge in [0, 0.05) is 16.6 Å². The first-order valence-corrected chi connectivity index (χ1v) is 5.93. The summed E-state index contributed by atoms with van der Waals surface area (Å²) in [5, 5.41) is 3.33. The normalized spacial score (nSPS) is 14.7. The van der Waals surface area contributed by atoms with Gasteiger partial charge in [0.05, 0.1) is 5.69 Å². The Hall–Kier alpha value is -0.610. The molecule has 0 aliphatic rings. The monoisotopic (exact) mass is 271 g/mol. The lowest BCUT2D eigenvalue weighted by atomic mass is 10.1. The summed E-state index contributed by atoms with van der Waals surface area (Å²) in [6.45, 7) is 6.10. The molecule has 1 aromatic heterocycles. The summed E-state index contributed by atoms with van der Waals surface area (Å²) >= 11 is 3.43. The summed E-state index contributed by atoms with van der Waals surface area (Å²) in [7, 11) is 0. The number of nitrogens with zero attached hydrogens (tertiary/aromatic N) is 1. The number of nitrogens with two attached hydrogens (primary N) is 1. The minimum absolute atomic E-state index is 0.212. The lowest BCUT2D eigenvalue weighted by molar-refractivity contribution is 0.603. The molecule has 0 bridgehead atoms. The second-order valence-electron chi connectivity index (χ2n) is 4.02. The van der Waals surface area contributed by atoms with Crippen LogP contribution >= 0.6 is 15.9 Å². The van der Waals surface area contributed by atoms with Crippen molar-refractivity contribution in [3.05, 3.63) is 22.3 Å². The minimum atomic E-state index is 0.212. The van der Waals surface area contributed by atoms with E-state index in [-0.39, 0.29) is 6.04 Å². The molecule has 0 aliphatic carbocycles. The van der Waals surface area contributed by atoms with Crippen molar-refractivity contribution in [3.63, 3.8) is 0 Å². The Kier molecular flexibility index (Phi) is 4.54. The van der Waals surface area contributed by atoms with Gasteiger partial charge in [-0.25, -0.2) is 4.98 Å². The third-order valence-electron chi connectivity index (χ3n) is 2.14. The highest BCUT2D eigenvalue weighted by atomic mass is 79.9. The van der Waals surface area contributed by atoms with E-state index in [9.17, 15) is 0 Å². The largest absolute Gasteiger partial charge is 0.368 e. The third-order valence-corrected chi connectivity index (χ3v) is 2.98. The molecule has 3 N–H and O–H groups in total. The van der Waals surface area contributed by atoms with Crippen LogP contribution in [0.2, 0.25) is 0 Å². The Morgan fingerprint density at radius 3 is 2.67 bits per heavy atom. The van der Waals surface area contributed by atoms with Crippen molar-refractivity contribution in [2.45, 2.75) is 39.3 Å². The van der Waals surface area contributed by atoms with E-state index in [1.807, 2.05) is 26.0 Å². The van der Waals surface area contributed by atoms with Crippen LogP contribution in [-0.4, -0.2) is 17.1 Å². The molecule has 1 heterocycles. The highest BCUT2D eigenvalue weighted by molar-refractivity contribution is 9.10. The molecule has 15 heavy (non-hydrogen) atoms. The quantitative estimate of drug-likeness (QED) is 0.886. The number of nitrogens with one attached hydrogen (secondary N) is 1. The van der Waals surface area contributed by atoms with Crippen LogP contribution in [0.5, 0.6) is 0 Å². The Bertz CT molecular complexity index is 326. The zero-order valence-electron chi connectivity index (χ0n) is 9.42. The summed E-state index contributed by atoms with van der Waals surface area (Å²) in [6, 6.07) is 4.53. The van der Waals surface area contributed by atoms with Crippen LogP contribution < -0.4 is 11.1 Å². The standard InChI is InChI=1S/C11H18BrN3/c1-7(13)6-8(2)14-11-5-4-10(12)9(3)15-11/h4-5,7-8H,6,13H2,1-3H3,(H,14,15). The molecule has 0 saturated carbocycles. The van der Waals surface area contributed by atoms with Gasteiger partial charge in [0.2, 0.25) is 0 Å². The SMILES string of the molecule is Cc1nc(NC(C)CC(C)N)ccc1Br. The molecule has 0 aromatic carbocycles. The number of anilines is 1. The Morgan fingerprint density at radius 1 is 1.47 bits per heavy atom. The summed E-state index contributed by atoms with van der Waals surface area (Å²) in [5.74, 6) is 0.906. The van der Waals surface area contributed by atoms with Crippen LogP contribution in [0, 0.1) is 6.92 Å². The van der Waals surface area contributed by atoms with Crippen LogP contribution in [-0.2, 0) is 0 Å². The smallest absolute Gasteiger partial charge is 0.126 e. The van der Waals surface area contributed by atoms with Crippen LogP contribution in [0.4, 0.5) is 5.82 Å². The van der Waals surface area contributed by atoms with E-state index in [0.29, 0.717) is 6.04 Å². The number of hydrogen-bond donors (Lipinski definition) is 2. The zero-order valence-corrected chi connectivity index (χ0v) is 11.0. The molecule has 0 fully saturated rings. The average molecular weight is 272 g/mol. The van der Waals surface area contributed by atoms with E-state index in [1.54, 1.807) is 0 Å². The third kappa shape index (κ3) is 4.18. The van der Waals surface area contributed by atoms with Crippen LogP contribution in [0.15, 0.2) is 16.6 Å². The first kappa shape index (κ1) is 12.5. The maximum absolute atomic E-state index is 5.73. The molecule has 1 aromatic rings. The highest BCUT2D eigenvalue weighted by Crippen LogP contribution is 2.17. The number of aryl methyl sites for hydroxylation is 1. The van der Waals surface area contributed by atoms with Crippen molar-refractivity contribution in [2.75, 3.05) is 5.32 Å². The molecule has 2 atom stereocenters. The van der Waals surface area contributed by atoms with Crippen LogP contribution in [0.1, 0.15) is 26.0 Å². The fourth-order valence-corrected chi connectivity index (χ4v) is 1.71. The van der Waals surface area contributed by atoms with Gasteiger partial charge in [0.25, 0.3) is 0 Å². The van der Waals surface area contributed by atoms with Gasteiger partial charge in [0.15, 0.2) is 0 Å². The number of rotatable bonds is 4. The lowest BCUT2D eigenvalue weighted by Crippen LogP contribution is -2.26. The van der Waals surface area contributed by atoms with E-state index in [4.69, 9.17) is 5.73 Å². The Labute approximate surface area is 99.6 Å². The van der Waals surface area contributed by atoms with E-state index < -0.39 is 0 Å². The Morgan fingerprint density at radius 2 is 2.13 bits per heavy atom. The molecule has 1 rings (SSSR count). The fraction of sp³-hybridized carbons (Fsp3) is 0.545. The lowest BCUT2D eigenvalue weighted by Gasteiger charge is -2.16. The van der Waals surface area contributed by atoms with Crippen molar-refractivity contribution in [2.24, 2.45) is 5.73 Å². The Balaban J connectivity index is 2.60. The van der Waals surface area contributed by atoms with Crippen molar-refractivity contribution < 1.29 is 0 Å². The van der Waals surface area contributed by atoms with Crippen LogP contribution in [0.3, 0.4) is 0 Å². The molecule has 3 nitrogen and oxygen atoms in total. The van der Waals surface area contributed by atoms with Crippen molar-refractivity contribution >= 4 is 21.7 Å². The number of aromatic nitrogens is 1. The predicted molar refractivity (Wildman–Crippen MR) is 68.0 cm³/mol. The molecule has 0 aliphatic heterocycles. The molecule has 0 saturated heterocycles. The summed E-state index contributed by atoms with van der Waals surface area (Å²) in [4.78, 5) is 4.42. The molecule has 0 amide bonds. The summed E-state index contributed by atoms with van der Waals surface area (Å²) in [5.41, 5.74) is 6.73. The van der Waals surface area contributed by atoms with Crippen molar-refractivity contribution in [1.82, 2.24) is 4.98 Å². The first-order valence-electron chi connectivity index (χ1n) is 5.14. The second kappa shape index (κ2) is 5.47. The molecular formula is C11H18BrN3. The van der Waals surface area contributed by atoms with E-state index in [1.165, 1.54) is 0 Å². The fourth-order valence-electron chi connectivity index (χ4n) is 1.49. The number of hydrogen-bond acceptors (Lipinski definition) is 3. The molecule has 84 valence electrons. The van der Waals surface area contributed by atoms with Crippen molar-refractivity contribution in [1.29, 1.82) is 0 Å². The number of halogens is 1. The first-order chi connectivity index (χ1) is 6.99. The van der Waals surface area contributed by atoms with E-state index >= 15 is 0 Å². The second-order valence-corrected chi connectivity index (χ2v) is 4.88. The molecular weight excluding hydrogens is 254 g/mol. The maximum Gasteiger partial charge on any atom is 0.126 e. The van der Waals surface area contributed by atoms with E-state index in [0.717, 1.165) is 22.4 Å². The average Bonchev–Trinajstić information content (AvgIpc) is 2.10. The molecule has 2 unspecified atom stereocenters. The predicted octanol–water partition coefficient (Wildman–Crippen LogP) is 2.69. The molecule has 4 heteroatoms. The highest BCUT2D eigenvalue weighted by Gasteiger charge is 2.06. The van der Waals surface area contributed by atoms with Crippen LogP contribution in [0.25, 0.3) is 0 Å². The summed E-state index contributed by atoms with van der Waals surface area (Å²) < 4.78 is 1.04. The molecule has 0 spiro atoms. The van der Waals surface area contributed by atoms with Gasteiger partial charge < -0.3 is 11.1 Å². The van der Waals surface area contributed by atoms with Crippen molar-refractivity contribution in [3.8, 4) is 0 Å². The van der Waals surface area contributed by atoms with Gasteiger partial charge in [0.1, 0.15) is 5.82 Å². The maximum atomic E-state index is 5.73. The van der Waals surface area contributed by atoms with Gasteiger partial charge in [-0.3, -0.25) is 0 Å². The zero-order chi connectivity index (χ0) is 11.4. The topological polar surface area (TPSA) is 50.9 Å². The number of pyridine rings is 1. The van der Waals surface area contributed by atoms with Gasteiger partial charge in [-0.2, -0.15) is 0 Å². The van der Waals surface area contributed by atoms with Gasteiger partial charge in [-0.05, 0) is 55.3 Å². The van der Waals surface area contributed by atoms with Gasteiger partial charge in [-0.1, -0.05) is 0 Å². The molecule has 0 radical (unpaired) electrons. The van der Waals surface area contributed by atoms with E-state index in [2.05, 4.69) is 33.2 Å². The van der Waals surface area contributed by atoms with Gasteiger partial charge >= 0.3 is 0 Å². The summed E-state index contributed by atoms with van der Waals surface area (Å²) in [6.07, 6.45) is 0.941. The van der Waals surface area contributed by atoms with Gasteiger partial charge in [-0.15, -0.1) is 0 Å². The minimum Gasteiger partial charge on any atom is -0.368 e.